The standard InChI is InChI=1S/C18H18FNO3S/c1-11-3-5-15(7-12(11)2)20-24(22,23)18-10-13-4-6-16(21)8-14(13)9-17(18)19/h3,5,7,9-10,20H,4,6,8H2,1-2H3. The average Bonchev–Trinajstić information content (AvgIpc) is 2.49. The van der Waals surface area contributed by atoms with Crippen molar-refractivity contribution < 1.29 is 17.6 Å². The monoisotopic (exact) mass is 347 g/mol. The van der Waals surface area contributed by atoms with Gasteiger partial charge in [-0.15, -0.1) is 0 Å². The highest BCUT2D eigenvalue weighted by Crippen LogP contribution is 2.27. The van der Waals surface area contributed by atoms with Gasteiger partial charge in [0.1, 0.15) is 16.5 Å². The van der Waals surface area contributed by atoms with Gasteiger partial charge in [-0.2, -0.15) is 0 Å². The summed E-state index contributed by atoms with van der Waals surface area (Å²) in [6, 6.07) is 7.68. The molecule has 1 N–H and O–H groups in total. The van der Waals surface area contributed by atoms with Gasteiger partial charge in [-0.3, -0.25) is 9.52 Å². The lowest BCUT2D eigenvalue weighted by atomic mass is 9.91. The molecule has 0 aromatic heterocycles. The van der Waals surface area contributed by atoms with Gasteiger partial charge in [0, 0.05) is 18.5 Å². The van der Waals surface area contributed by atoms with Crippen molar-refractivity contribution in [1.82, 2.24) is 0 Å². The number of carbonyl (C=O) groups excluding carboxylic acids is 1. The van der Waals surface area contributed by atoms with Crippen LogP contribution in [-0.2, 0) is 27.7 Å². The Morgan fingerprint density at radius 1 is 1.00 bits per heavy atom. The Balaban J connectivity index is 1.97. The van der Waals surface area contributed by atoms with Gasteiger partial charge in [-0.05, 0) is 66.8 Å². The van der Waals surface area contributed by atoms with Gasteiger partial charge in [-0.1, -0.05) is 6.07 Å². The minimum atomic E-state index is -4.03. The molecule has 2 aromatic carbocycles. The largest absolute Gasteiger partial charge is 0.299 e. The number of Topliss-reactive ketones (excluding diaryl/α,β-unsaturated/α-hetero) is 1. The van der Waals surface area contributed by atoms with E-state index in [9.17, 15) is 17.6 Å². The van der Waals surface area contributed by atoms with E-state index in [0.717, 1.165) is 16.7 Å². The molecule has 0 bridgehead atoms. The van der Waals surface area contributed by atoms with Crippen LogP contribution in [0.25, 0.3) is 0 Å². The van der Waals surface area contributed by atoms with Crippen LogP contribution in [0, 0.1) is 19.7 Å². The molecule has 0 saturated carbocycles. The van der Waals surface area contributed by atoms with Crippen LogP contribution < -0.4 is 4.72 Å². The van der Waals surface area contributed by atoms with Gasteiger partial charge in [0.05, 0.1) is 0 Å². The van der Waals surface area contributed by atoms with Crippen LogP contribution in [0.2, 0.25) is 0 Å². The summed E-state index contributed by atoms with van der Waals surface area (Å²) in [5, 5.41) is 0. The molecule has 0 unspecified atom stereocenters. The lowest BCUT2D eigenvalue weighted by Gasteiger charge is -2.17. The number of rotatable bonds is 3. The number of fused-ring (bicyclic) bond motifs is 1. The maximum atomic E-state index is 14.3. The summed E-state index contributed by atoms with van der Waals surface area (Å²) in [4.78, 5) is 11.1. The fraction of sp³-hybridized carbons (Fsp3) is 0.278. The lowest BCUT2D eigenvalue weighted by molar-refractivity contribution is -0.118. The van der Waals surface area contributed by atoms with Gasteiger partial charge in [-0.25, -0.2) is 12.8 Å². The predicted molar refractivity (Wildman–Crippen MR) is 90.2 cm³/mol. The number of ketones is 1. The second kappa shape index (κ2) is 6.02. The Morgan fingerprint density at radius 2 is 1.75 bits per heavy atom. The Labute approximate surface area is 140 Å². The fourth-order valence-electron chi connectivity index (χ4n) is 2.83. The fourth-order valence-corrected chi connectivity index (χ4v) is 3.99. The van der Waals surface area contributed by atoms with Crippen LogP contribution >= 0.6 is 0 Å². The molecule has 0 saturated heterocycles. The molecular formula is C18H18FNO3S. The van der Waals surface area contributed by atoms with Crippen LogP contribution in [0.15, 0.2) is 35.2 Å². The normalized spacial score (nSPS) is 14.4. The number of hydrogen-bond acceptors (Lipinski definition) is 3. The van der Waals surface area contributed by atoms with E-state index in [1.165, 1.54) is 12.1 Å². The zero-order chi connectivity index (χ0) is 17.5. The van der Waals surface area contributed by atoms with E-state index in [0.29, 0.717) is 24.1 Å². The molecule has 126 valence electrons. The van der Waals surface area contributed by atoms with Crippen LogP contribution in [0.5, 0.6) is 0 Å². The number of nitrogens with one attached hydrogen (secondary N) is 1. The van der Waals surface area contributed by atoms with Crippen molar-refractivity contribution in [3.05, 3.63) is 58.4 Å². The first kappa shape index (κ1) is 16.6. The number of anilines is 1. The third-order valence-electron chi connectivity index (χ3n) is 4.36. The van der Waals surface area contributed by atoms with Gasteiger partial charge in [0.15, 0.2) is 0 Å². The quantitative estimate of drug-likeness (QED) is 0.926. The Hall–Kier alpha value is -2.21. The zero-order valence-electron chi connectivity index (χ0n) is 13.5. The molecule has 4 nitrogen and oxygen atoms in total. The maximum absolute atomic E-state index is 14.3. The first-order chi connectivity index (χ1) is 11.3. The molecule has 1 aliphatic carbocycles. The van der Waals surface area contributed by atoms with E-state index < -0.39 is 15.8 Å². The van der Waals surface area contributed by atoms with E-state index in [-0.39, 0.29) is 17.1 Å². The topological polar surface area (TPSA) is 63.2 Å². The van der Waals surface area contributed by atoms with Crippen molar-refractivity contribution >= 4 is 21.5 Å². The minimum Gasteiger partial charge on any atom is -0.299 e. The highest BCUT2D eigenvalue weighted by atomic mass is 32.2. The first-order valence-electron chi connectivity index (χ1n) is 7.69. The molecule has 0 amide bonds. The van der Waals surface area contributed by atoms with Crippen molar-refractivity contribution in [2.75, 3.05) is 4.72 Å². The van der Waals surface area contributed by atoms with Gasteiger partial charge >= 0.3 is 0 Å². The van der Waals surface area contributed by atoms with Crippen molar-refractivity contribution in [3.8, 4) is 0 Å². The first-order valence-corrected chi connectivity index (χ1v) is 9.17. The summed E-state index contributed by atoms with van der Waals surface area (Å²) < 4.78 is 41.8. The second-order valence-electron chi connectivity index (χ2n) is 6.17. The third-order valence-corrected chi connectivity index (χ3v) is 5.76. The number of sulfonamides is 1. The molecule has 6 heteroatoms. The number of hydrogen-bond donors (Lipinski definition) is 1. The molecule has 3 rings (SSSR count). The number of carbonyl (C=O) groups is 1. The molecule has 0 heterocycles. The summed E-state index contributed by atoms with van der Waals surface area (Å²) in [5.74, 6) is -0.787. The summed E-state index contributed by atoms with van der Waals surface area (Å²) in [7, 11) is -4.03. The van der Waals surface area contributed by atoms with E-state index in [1.54, 1.807) is 12.1 Å². The SMILES string of the molecule is Cc1ccc(NS(=O)(=O)c2cc3c(cc2F)CC(=O)CC3)cc1C. The van der Waals surface area contributed by atoms with E-state index >= 15 is 0 Å². The number of benzene rings is 2. The molecule has 0 aliphatic heterocycles. The van der Waals surface area contributed by atoms with Gasteiger partial charge < -0.3 is 0 Å². The highest BCUT2D eigenvalue weighted by molar-refractivity contribution is 7.92. The van der Waals surface area contributed by atoms with Crippen molar-refractivity contribution in [2.45, 2.75) is 38.0 Å². The Morgan fingerprint density at radius 3 is 2.46 bits per heavy atom. The molecule has 0 atom stereocenters. The third kappa shape index (κ3) is 3.19. The number of aryl methyl sites for hydroxylation is 3. The van der Waals surface area contributed by atoms with Crippen molar-refractivity contribution in [2.24, 2.45) is 0 Å². The molecule has 0 spiro atoms. The van der Waals surface area contributed by atoms with Crippen molar-refractivity contribution in [1.29, 1.82) is 0 Å². The lowest BCUT2D eigenvalue weighted by Crippen LogP contribution is -2.18. The van der Waals surface area contributed by atoms with E-state index in [1.807, 2.05) is 19.9 Å². The zero-order valence-corrected chi connectivity index (χ0v) is 14.3. The molecule has 0 radical (unpaired) electrons. The van der Waals surface area contributed by atoms with Crippen molar-refractivity contribution in [3.63, 3.8) is 0 Å². The summed E-state index contributed by atoms with van der Waals surface area (Å²) in [6.07, 6.45) is 0.973. The summed E-state index contributed by atoms with van der Waals surface area (Å²) >= 11 is 0. The van der Waals surface area contributed by atoms with Crippen LogP contribution in [0.3, 0.4) is 0 Å². The summed E-state index contributed by atoms with van der Waals surface area (Å²) in [6.45, 7) is 3.81. The maximum Gasteiger partial charge on any atom is 0.264 e. The second-order valence-corrected chi connectivity index (χ2v) is 7.82. The highest BCUT2D eigenvalue weighted by Gasteiger charge is 2.24. The predicted octanol–water partition coefficient (Wildman–Crippen LogP) is 3.30. The molecule has 0 fully saturated rings. The molecular weight excluding hydrogens is 329 g/mol. The summed E-state index contributed by atoms with van der Waals surface area (Å²) in [5.41, 5.74) is 3.68. The molecule has 24 heavy (non-hydrogen) atoms. The van der Waals surface area contributed by atoms with Gasteiger partial charge in [0.2, 0.25) is 0 Å². The van der Waals surface area contributed by atoms with Crippen LogP contribution in [0.4, 0.5) is 10.1 Å². The smallest absolute Gasteiger partial charge is 0.264 e. The van der Waals surface area contributed by atoms with Crippen LogP contribution in [0.1, 0.15) is 28.7 Å². The Kier molecular flexibility index (Phi) is 4.17. The minimum absolute atomic E-state index is 0.0470. The van der Waals surface area contributed by atoms with E-state index in [4.69, 9.17) is 0 Å². The Bertz CT molecular complexity index is 936. The number of halogens is 1. The molecule has 2 aromatic rings. The van der Waals surface area contributed by atoms with Crippen LogP contribution in [-0.4, -0.2) is 14.2 Å². The molecule has 1 aliphatic rings. The average molecular weight is 347 g/mol. The van der Waals surface area contributed by atoms with Gasteiger partial charge in [0.25, 0.3) is 10.0 Å². The van der Waals surface area contributed by atoms with E-state index in [2.05, 4.69) is 4.72 Å².